The van der Waals surface area contributed by atoms with E-state index in [1.54, 1.807) is 25.2 Å². The summed E-state index contributed by atoms with van der Waals surface area (Å²) in [5.74, 6) is 0.559. The van der Waals surface area contributed by atoms with Gasteiger partial charge in [-0.2, -0.15) is 0 Å². The fourth-order valence-electron chi connectivity index (χ4n) is 6.00. The minimum atomic E-state index is -2.25. The van der Waals surface area contributed by atoms with Gasteiger partial charge in [-0.3, -0.25) is 0 Å². The molecule has 0 nitrogen and oxygen atoms in total. The van der Waals surface area contributed by atoms with E-state index in [1.165, 1.54) is 22.3 Å². The van der Waals surface area contributed by atoms with Crippen molar-refractivity contribution in [2.24, 2.45) is 5.92 Å². The Bertz CT molecular complexity index is 1180. The van der Waals surface area contributed by atoms with Crippen molar-refractivity contribution < 1.29 is 46.1 Å². The van der Waals surface area contributed by atoms with Crippen LogP contribution in [-0.2, 0) is 32.1 Å². The Hall–Kier alpha value is -0.530. The maximum absolute atomic E-state index is 5.08. The fraction of sp³-hybridized carbons (Fsp3) is 0.469. The summed E-state index contributed by atoms with van der Waals surface area (Å²) in [6, 6.07) is 14.7. The van der Waals surface area contributed by atoms with Crippen LogP contribution in [0.1, 0.15) is 81.3 Å². The van der Waals surface area contributed by atoms with E-state index in [0.717, 1.165) is 0 Å². The van der Waals surface area contributed by atoms with Gasteiger partial charge in [0, 0.05) is 0 Å². The van der Waals surface area contributed by atoms with Crippen molar-refractivity contribution in [3.63, 3.8) is 0 Å². The van der Waals surface area contributed by atoms with E-state index in [1.807, 2.05) is 0 Å². The zero-order valence-corrected chi connectivity index (χ0v) is 29.1. The van der Waals surface area contributed by atoms with E-state index in [2.05, 4.69) is 118 Å². The molecule has 0 saturated carbocycles. The number of allylic oxidation sites excluding steroid dienone is 4. The maximum atomic E-state index is 5.08. The maximum Gasteiger partial charge on any atom is -1.00 e. The van der Waals surface area contributed by atoms with Gasteiger partial charge in [-0.05, 0) is 0 Å². The Morgan fingerprint density at radius 3 is 1.53 bits per heavy atom. The van der Waals surface area contributed by atoms with E-state index >= 15 is 0 Å². The third-order valence-electron chi connectivity index (χ3n) is 7.93. The zero-order valence-electron chi connectivity index (χ0n) is 24.2. The van der Waals surface area contributed by atoms with Crippen LogP contribution in [0, 0.1) is 5.92 Å². The number of fused-ring (bicyclic) bond motifs is 3. The number of benzene rings is 2. The SMILES string of the molecule is [CH2]=[Zr+2]([C]1=C(C)C([Si](C)(C)C)=CC1C)[CH]1c2ccc(C(C)(C)C)cc2-c2cc(C(C)(C)C)ccc21.[Cl-].[Cl-]. The largest absolute Gasteiger partial charge is 1.00 e. The predicted molar refractivity (Wildman–Crippen MR) is 152 cm³/mol. The topological polar surface area (TPSA) is 0 Å². The van der Waals surface area contributed by atoms with Crippen molar-refractivity contribution in [2.45, 2.75) is 89.5 Å². The molecule has 0 radical (unpaired) electrons. The number of hydrogen-bond donors (Lipinski definition) is 0. The number of rotatable bonds is 3. The first-order valence-corrected chi connectivity index (χ1v) is 20.8. The van der Waals surface area contributed by atoms with Crippen LogP contribution in [0.4, 0.5) is 0 Å². The van der Waals surface area contributed by atoms with Crippen LogP contribution in [0.5, 0.6) is 0 Å². The van der Waals surface area contributed by atoms with Crippen molar-refractivity contribution in [3.8, 4) is 11.1 Å². The molecular formula is C32H44Cl2SiZr. The van der Waals surface area contributed by atoms with E-state index in [0.29, 0.717) is 9.54 Å². The second kappa shape index (κ2) is 10.6. The van der Waals surface area contributed by atoms with Crippen molar-refractivity contribution in [1.82, 2.24) is 0 Å². The van der Waals surface area contributed by atoms with Crippen LogP contribution in [0.3, 0.4) is 0 Å². The fourth-order valence-corrected chi connectivity index (χ4v) is 15.3. The molecule has 0 fully saturated rings. The van der Waals surface area contributed by atoms with Crippen molar-refractivity contribution in [1.29, 1.82) is 0 Å². The summed E-state index contributed by atoms with van der Waals surface area (Å²) in [6.45, 7) is 26.3. The van der Waals surface area contributed by atoms with E-state index in [-0.39, 0.29) is 35.6 Å². The molecule has 4 heteroatoms. The minimum absolute atomic E-state index is 0. The average molecular weight is 619 g/mol. The van der Waals surface area contributed by atoms with Gasteiger partial charge in [-0.25, -0.2) is 0 Å². The van der Waals surface area contributed by atoms with Crippen molar-refractivity contribution in [2.75, 3.05) is 0 Å². The summed E-state index contributed by atoms with van der Waals surface area (Å²) in [4.78, 5) is 0. The molecule has 0 amide bonds. The van der Waals surface area contributed by atoms with Gasteiger partial charge in [0.2, 0.25) is 0 Å². The molecule has 194 valence electrons. The summed E-state index contributed by atoms with van der Waals surface area (Å²) in [7, 11) is -1.35. The second-order valence-corrected chi connectivity index (χ2v) is 24.1. The van der Waals surface area contributed by atoms with Gasteiger partial charge >= 0.3 is 219 Å². The molecule has 0 aliphatic heterocycles. The van der Waals surface area contributed by atoms with Gasteiger partial charge in [0.25, 0.3) is 0 Å². The standard InChI is InChI=1S/C21H25.C10H17Si.CH2.2ClH.Zr/c1-20(2,3)16-9-7-14-11-15-8-10-17(21(4,5)6)13-19(15)18(14)12-16;1-8-6-9(2)10(7-8)11(3,4)5;;;;/h7-13H,1-6H3;7-8H,1-5H3;1H2;2*1H;/q;;;;;+2/p-2. The normalized spacial score (nSPS) is 17.5. The first-order valence-electron chi connectivity index (χ1n) is 12.9. The molecule has 0 bridgehead atoms. The molecule has 1 atom stereocenters. The first kappa shape index (κ1) is 31.7. The van der Waals surface area contributed by atoms with Crippen LogP contribution in [0.15, 0.2) is 56.5 Å². The third kappa shape index (κ3) is 5.59. The molecule has 2 aliphatic rings. The van der Waals surface area contributed by atoms with Crippen LogP contribution >= 0.6 is 0 Å². The van der Waals surface area contributed by atoms with Gasteiger partial charge < -0.3 is 24.8 Å². The third-order valence-corrected chi connectivity index (χ3v) is 17.1. The number of halogens is 2. The summed E-state index contributed by atoms with van der Waals surface area (Å²) in [6.07, 6.45) is 2.60. The summed E-state index contributed by atoms with van der Waals surface area (Å²) >= 11 is -2.25. The first-order chi connectivity index (χ1) is 15.5. The molecule has 0 N–H and O–H groups in total. The van der Waals surface area contributed by atoms with Crippen molar-refractivity contribution >= 4 is 12.3 Å². The smallest absolute Gasteiger partial charge is 1.00 e. The van der Waals surface area contributed by atoms with Crippen LogP contribution in [0.25, 0.3) is 11.1 Å². The molecular weight excluding hydrogens is 575 g/mol. The van der Waals surface area contributed by atoms with Gasteiger partial charge in [0.05, 0.1) is 0 Å². The second-order valence-electron chi connectivity index (χ2n) is 13.7. The minimum Gasteiger partial charge on any atom is -1.00 e. The molecule has 2 aliphatic carbocycles. The van der Waals surface area contributed by atoms with Gasteiger partial charge in [0.15, 0.2) is 0 Å². The molecule has 1 unspecified atom stereocenters. The summed E-state index contributed by atoms with van der Waals surface area (Å²) < 4.78 is 7.34. The zero-order chi connectivity index (χ0) is 25.4. The monoisotopic (exact) mass is 616 g/mol. The number of hydrogen-bond acceptors (Lipinski definition) is 0. The molecule has 0 spiro atoms. The van der Waals surface area contributed by atoms with Crippen LogP contribution in [0.2, 0.25) is 19.6 Å². The molecule has 2 aromatic carbocycles. The molecule has 4 rings (SSSR count). The molecule has 0 saturated heterocycles. The molecule has 0 heterocycles. The van der Waals surface area contributed by atoms with E-state index in [9.17, 15) is 0 Å². The Kier molecular flexibility index (Phi) is 9.29. The van der Waals surface area contributed by atoms with E-state index < -0.39 is 29.3 Å². The quantitative estimate of drug-likeness (QED) is 0.464. The average Bonchev–Trinajstić information content (AvgIpc) is 3.19. The Balaban J connectivity index is 0.00000228. The van der Waals surface area contributed by atoms with Crippen molar-refractivity contribution in [3.05, 3.63) is 78.8 Å². The van der Waals surface area contributed by atoms with Gasteiger partial charge in [-0.15, -0.1) is 0 Å². The Morgan fingerprint density at radius 1 is 0.778 bits per heavy atom. The van der Waals surface area contributed by atoms with Crippen LogP contribution in [-0.4, -0.2) is 12.3 Å². The van der Waals surface area contributed by atoms with Gasteiger partial charge in [0.1, 0.15) is 0 Å². The predicted octanol–water partition coefficient (Wildman–Crippen LogP) is 3.14. The Labute approximate surface area is 242 Å². The van der Waals surface area contributed by atoms with Crippen LogP contribution < -0.4 is 24.8 Å². The van der Waals surface area contributed by atoms with E-state index in [4.69, 9.17) is 4.21 Å². The summed E-state index contributed by atoms with van der Waals surface area (Å²) in [5, 5.41) is 1.68. The Morgan fingerprint density at radius 2 is 1.19 bits per heavy atom. The molecule has 2 aromatic rings. The summed E-state index contributed by atoms with van der Waals surface area (Å²) in [5.41, 5.74) is 10.8. The molecule has 36 heavy (non-hydrogen) atoms. The van der Waals surface area contributed by atoms with Gasteiger partial charge in [-0.1, -0.05) is 0 Å². The molecule has 0 aromatic heterocycles.